The predicted molar refractivity (Wildman–Crippen MR) is 70.8 cm³/mol. The Morgan fingerprint density at radius 3 is 2.52 bits per heavy atom. The highest BCUT2D eigenvalue weighted by atomic mass is 16.6. The lowest BCUT2D eigenvalue weighted by Gasteiger charge is -2.08. The van der Waals surface area contributed by atoms with Crippen LogP contribution < -0.4 is 0 Å². The number of carboxylic acids is 1. The van der Waals surface area contributed by atoms with E-state index in [2.05, 4.69) is 10.3 Å². The number of hydrogen-bond donors (Lipinski definition) is 2. The summed E-state index contributed by atoms with van der Waals surface area (Å²) in [5.41, 5.74) is 0.233. The van der Waals surface area contributed by atoms with Crippen LogP contribution in [0.2, 0.25) is 0 Å². The number of aliphatic hydroxyl groups excluding tert-OH is 1. The van der Waals surface area contributed by atoms with Crippen LogP contribution in [-0.2, 0) is 6.54 Å². The molecule has 1 heterocycles. The van der Waals surface area contributed by atoms with E-state index < -0.39 is 17.0 Å². The molecule has 1 atom stereocenters. The average molecular weight is 292 g/mol. The number of aromatic nitrogens is 3. The van der Waals surface area contributed by atoms with E-state index in [1.54, 1.807) is 0 Å². The molecule has 110 valence electrons. The van der Waals surface area contributed by atoms with Crippen LogP contribution in [0.1, 0.15) is 17.4 Å². The molecule has 0 saturated heterocycles. The third-order valence-electron chi connectivity index (χ3n) is 2.73. The monoisotopic (exact) mass is 292 g/mol. The van der Waals surface area contributed by atoms with Crippen molar-refractivity contribution in [2.45, 2.75) is 19.6 Å². The smallest absolute Gasteiger partial charge is 0.358 e. The van der Waals surface area contributed by atoms with Crippen LogP contribution in [0.4, 0.5) is 5.69 Å². The summed E-state index contributed by atoms with van der Waals surface area (Å²) in [7, 11) is 0. The largest absolute Gasteiger partial charge is 0.476 e. The number of nitro benzene ring substituents is 1. The van der Waals surface area contributed by atoms with Gasteiger partial charge in [0.15, 0.2) is 5.69 Å². The standard InChI is InChI=1S/C12H12N4O5/c1-7(17)6-15-11(10(12(18)19)13-14-15)8-2-4-9(5-3-8)16(20)21/h2-5,7,17H,6H2,1H3,(H,18,19). The first-order valence-corrected chi connectivity index (χ1v) is 6.00. The van der Waals surface area contributed by atoms with Gasteiger partial charge in [-0.2, -0.15) is 0 Å². The van der Waals surface area contributed by atoms with Crippen LogP contribution in [0, 0.1) is 10.1 Å². The van der Waals surface area contributed by atoms with Gasteiger partial charge < -0.3 is 10.2 Å². The number of carbonyl (C=O) groups is 1. The van der Waals surface area contributed by atoms with Crippen LogP contribution in [-0.4, -0.2) is 42.2 Å². The molecule has 2 rings (SSSR count). The maximum atomic E-state index is 11.2. The molecule has 0 amide bonds. The highest BCUT2D eigenvalue weighted by molar-refractivity contribution is 5.92. The van der Waals surface area contributed by atoms with E-state index in [1.807, 2.05) is 0 Å². The van der Waals surface area contributed by atoms with Crippen molar-refractivity contribution in [2.24, 2.45) is 0 Å². The van der Waals surface area contributed by atoms with Crippen molar-refractivity contribution < 1.29 is 19.9 Å². The first kappa shape index (κ1) is 14.6. The van der Waals surface area contributed by atoms with E-state index in [9.17, 15) is 20.0 Å². The first-order valence-electron chi connectivity index (χ1n) is 6.00. The zero-order valence-corrected chi connectivity index (χ0v) is 11.0. The number of hydrogen-bond acceptors (Lipinski definition) is 6. The molecule has 21 heavy (non-hydrogen) atoms. The molecule has 0 aliphatic rings. The van der Waals surface area contributed by atoms with Crippen molar-refractivity contribution in [3.05, 3.63) is 40.1 Å². The van der Waals surface area contributed by atoms with Crippen LogP contribution in [0.15, 0.2) is 24.3 Å². The van der Waals surface area contributed by atoms with E-state index in [4.69, 9.17) is 5.11 Å². The lowest BCUT2D eigenvalue weighted by atomic mass is 10.1. The molecule has 9 nitrogen and oxygen atoms in total. The maximum absolute atomic E-state index is 11.2. The van der Waals surface area contributed by atoms with E-state index in [1.165, 1.54) is 35.9 Å². The Morgan fingerprint density at radius 1 is 1.43 bits per heavy atom. The number of carboxylic acid groups (broad SMARTS) is 1. The minimum atomic E-state index is -1.26. The third kappa shape index (κ3) is 3.03. The number of non-ortho nitro benzene ring substituents is 1. The Kier molecular flexibility index (Phi) is 3.94. The van der Waals surface area contributed by atoms with Gasteiger partial charge in [-0.25, -0.2) is 9.48 Å². The van der Waals surface area contributed by atoms with Gasteiger partial charge in [0.25, 0.3) is 5.69 Å². The summed E-state index contributed by atoms with van der Waals surface area (Å²) < 4.78 is 1.26. The number of aliphatic hydroxyl groups is 1. The Labute approximate surface area is 118 Å². The average Bonchev–Trinajstić information content (AvgIpc) is 2.81. The maximum Gasteiger partial charge on any atom is 0.358 e. The second kappa shape index (κ2) is 5.67. The molecule has 0 aliphatic carbocycles. The van der Waals surface area contributed by atoms with Gasteiger partial charge in [0, 0.05) is 17.7 Å². The summed E-state index contributed by atoms with van der Waals surface area (Å²) in [5.74, 6) is -1.26. The Balaban J connectivity index is 2.51. The van der Waals surface area contributed by atoms with Gasteiger partial charge >= 0.3 is 5.97 Å². The molecule has 0 spiro atoms. The quantitative estimate of drug-likeness (QED) is 0.618. The van der Waals surface area contributed by atoms with Crippen LogP contribution in [0.3, 0.4) is 0 Å². The molecule has 1 aromatic heterocycles. The fraction of sp³-hybridized carbons (Fsp3) is 0.250. The predicted octanol–water partition coefficient (Wildman–Crippen LogP) is 0.932. The number of aromatic carboxylic acids is 1. The molecule has 0 radical (unpaired) electrons. The van der Waals surface area contributed by atoms with Crippen molar-refractivity contribution in [1.29, 1.82) is 0 Å². The van der Waals surface area contributed by atoms with Crippen molar-refractivity contribution >= 4 is 11.7 Å². The molecular formula is C12H12N4O5. The van der Waals surface area contributed by atoms with Crippen molar-refractivity contribution in [1.82, 2.24) is 15.0 Å². The minimum absolute atomic E-state index is 0.0621. The van der Waals surface area contributed by atoms with E-state index in [0.717, 1.165) is 0 Å². The van der Waals surface area contributed by atoms with Gasteiger partial charge in [-0.1, -0.05) is 5.21 Å². The molecule has 0 saturated carbocycles. The first-order chi connectivity index (χ1) is 9.90. The Hall–Kier alpha value is -2.81. The summed E-state index contributed by atoms with van der Waals surface area (Å²) in [6.45, 7) is 1.59. The van der Waals surface area contributed by atoms with E-state index >= 15 is 0 Å². The third-order valence-corrected chi connectivity index (χ3v) is 2.73. The molecule has 9 heteroatoms. The van der Waals surface area contributed by atoms with Gasteiger partial charge in [-0.3, -0.25) is 10.1 Å². The van der Waals surface area contributed by atoms with Gasteiger partial charge in [0.1, 0.15) is 5.69 Å². The molecule has 0 bridgehead atoms. The fourth-order valence-electron chi connectivity index (χ4n) is 1.86. The van der Waals surface area contributed by atoms with Gasteiger partial charge in [0.2, 0.25) is 0 Å². The van der Waals surface area contributed by atoms with E-state index in [0.29, 0.717) is 5.56 Å². The normalized spacial score (nSPS) is 12.1. The Morgan fingerprint density at radius 2 is 2.05 bits per heavy atom. The molecule has 0 aliphatic heterocycles. The van der Waals surface area contributed by atoms with Crippen molar-refractivity contribution in [3.8, 4) is 11.3 Å². The van der Waals surface area contributed by atoms with Gasteiger partial charge in [0.05, 0.1) is 17.6 Å². The SMILES string of the molecule is CC(O)Cn1nnc(C(=O)O)c1-c1ccc([N+](=O)[O-])cc1. The summed E-state index contributed by atoms with van der Waals surface area (Å²) in [4.78, 5) is 21.3. The van der Waals surface area contributed by atoms with Crippen LogP contribution >= 0.6 is 0 Å². The number of benzene rings is 1. The lowest BCUT2D eigenvalue weighted by Crippen LogP contribution is -2.14. The van der Waals surface area contributed by atoms with Crippen molar-refractivity contribution in [2.75, 3.05) is 0 Å². The zero-order valence-electron chi connectivity index (χ0n) is 11.0. The Bertz CT molecular complexity index is 677. The minimum Gasteiger partial charge on any atom is -0.476 e. The summed E-state index contributed by atoms with van der Waals surface area (Å²) in [5, 5.41) is 36.5. The van der Waals surface area contributed by atoms with Gasteiger partial charge in [-0.05, 0) is 19.1 Å². The molecular weight excluding hydrogens is 280 g/mol. The summed E-state index contributed by atoms with van der Waals surface area (Å²) in [6, 6.07) is 5.37. The summed E-state index contributed by atoms with van der Waals surface area (Å²) >= 11 is 0. The molecule has 2 N–H and O–H groups in total. The second-order valence-corrected chi connectivity index (χ2v) is 4.43. The molecule has 1 aromatic carbocycles. The number of nitro groups is 1. The zero-order chi connectivity index (χ0) is 15.6. The van der Waals surface area contributed by atoms with Crippen LogP contribution in [0.25, 0.3) is 11.3 Å². The van der Waals surface area contributed by atoms with E-state index in [-0.39, 0.29) is 23.6 Å². The van der Waals surface area contributed by atoms with Crippen molar-refractivity contribution in [3.63, 3.8) is 0 Å². The number of nitrogens with zero attached hydrogens (tertiary/aromatic N) is 4. The highest BCUT2D eigenvalue weighted by Crippen LogP contribution is 2.25. The molecule has 2 aromatic rings. The summed E-state index contributed by atoms with van der Waals surface area (Å²) in [6.07, 6.45) is -0.745. The van der Waals surface area contributed by atoms with Crippen LogP contribution in [0.5, 0.6) is 0 Å². The second-order valence-electron chi connectivity index (χ2n) is 4.43. The highest BCUT2D eigenvalue weighted by Gasteiger charge is 2.21. The molecule has 0 fully saturated rings. The van der Waals surface area contributed by atoms with Gasteiger partial charge in [-0.15, -0.1) is 5.10 Å². The topological polar surface area (TPSA) is 131 Å². The molecule has 1 unspecified atom stereocenters. The fourth-order valence-corrected chi connectivity index (χ4v) is 1.86. The lowest BCUT2D eigenvalue weighted by molar-refractivity contribution is -0.384. The number of rotatable bonds is 5.